The van der Waals surface area contributed by atoms with E-state index in [2.05, 4.69) is 24.5 Å². The summed E-state index contributed by atoms with van der Waals surface area (Å²) >= 11 is 5.94. The number of hydrogen-bond acceptors (Lipinski definition) is 3. The van der Waals surface area contributed by atoms with E-state index in [9.17, 15) is 9.18 Å². The van der Waals surface area contributed by atoms with Gasteiger partial charge in [-0.15, -0.1) is 0 Å². The Kier molecular flexibility index (Phi) is 8.55. The van der Waals surface area contributed by atoms with Crippen LogP contribution in [0.3, 0.4) is 0 Å². The average molecular weight is 448 g/mol. The van der Waals surface area contributed by atoms with E-state index >= 15 is 0 Å². The van der Waals surface area contributed by atoms with Crippen molar-refractivity contribution >= 4 is 17.6 Å². The van der Waals surface area contributed by atoms with Crippen molar-refractivity contribution in [1.82, 2.24) is 15.5 Å². The molecule has 0 atom stereocenters. The van der Waals surface area contributed by atoms with Crippen molar-refractivity contribution in [3.8, 4) is 5.75 Å². The van der Waals surface area contributed by atoms with Crippen molar-refractivity contribution in [2.24, 2.45) is 5.92 Å². The Labute approximate surface area is 188 Å². The van der Waals surface area contributed by atoms with Crippen molar-refractivity contribution < 1.29 is 13.9 Å². The Morgan fingerprint density at radius 3 is 2.52 bits per heavy atom. The van der Waals surface area contributed by atoms with Gasteiger partial charge >= 0.3 is 6.03 Å². The highest BCUT2D eigenvalue weighted by molar-refractivity contribution is 6.30. The van der Waals surface area contributed by atoms with Gasteiger partial charge in [-0.05, 0) is 67.2 Å². The monoisotopic (exact) mass is 447 g/mol. The molecule has 1 fully saturated rings. The van der Waals surface area contributed by atoms with Gasteiger partial charge in [0.2, 0.25) is 0 Å². The summed E-state index contributed by atoms with van der Waals surface area (Å²) in [4.78, 5) is 14.9. The molecule has 0 bridgehead atoms. The predicted molar refractivity (Wildman–Crippen MR) is 122 cm³/mol. The highest BCUT2D eigenvalue weighted by Gasteiger charge is 2.25. The second kappa shape index (κ2) is 11.3. The van der Waals surface area contributed by atoms with Crippen LogP contribution in [0.15, 0.2) is 42.5 Å². The standard InChI is InChI=1S/C24H31ClFN3O2/c1-17(2)16-31-21-6-3-18(4-7-21)14-28-24(30)29(20-9-11-27-12-10-20)15-19-5-8-23(26)22(25)13-19/h3-8,13,17,20,27H,9-12,14-16H2,1-2H3,(H,28,30). The Balaban J connectivity index is 1.63. The van der Waals surface area contributed by atoms with Crippen molar-refractivity contribution in [3.63, 3.8) is 0 Å². The normalized spacial score (nSPS) is 14.5. The first-order valence-corrected chi connectivity index (χ1v) is 11.2. The zero-order chi connectivity index (χ0) is 22.2. The molecule has 0 saturated carbocycles. The molecule has 3 rings (SSSR count). The number of carbonyl (C=O) groups excluding carboxylic acids is 1. The first-order chi connectivity index (χ1) is 14.9. The second-order valence-electron chi connectivity index (χ2n) is 8.37. The molecule has 168 valence electrons. The number of halogens is 2. The third-order valence-corrected chi connectivity index (χ3v) is 5.59. The van der Waals surface area contributed by atoms with Gasteiger partial charge in [0.15, 0.2) is 0 Å². The van der Waals surface area contributed by atoms with Gasteiger partial charge in [0.05, 0.1) is 11.6 Å². The maximum Gasteiger partial charge on any atom is 0.318 e. The van der Waals surface area contributed by atoms with Gasteiger partial charge < -0.3 is 20.3 Å². The molecule has 0 radical (unpaired) electrons. The zero-order valence-electron chi connectivity index (χ0n) is 18.2. The molecular weight excluding hydrogens is 417 g/mol. The number of nitrogens with one attached hydrogen (secondary N) is 2. The quantitative estimate of drug-likeness (QED) is 0.600. The summed E-state index contributed by atoms with van der Waals surface area (Å²) in [5.74, 6) is 0.841. The van der Waals surface area contributed by atoms with Gasteiger partial charge in [0.25, 0.3) is 0 Å². The SMILES string of the molecule is CC(C)COc1ccc(CNC(=O)N(Cc2ccc(F)c(Cl)c2)C2CCNCC2)cc1. The van der Waals surface area contributed by atoms with E-state index in [1.165, 1.54) is 6.07 Å². The number of benzene rings is 2. The van der Waals surface area contributed by atoms with E-state index in [-0.39, 0.29) is 17.1 Å². The smallest absolute Gasteiger partial charge is 0.318 e. The topological polar surface area (TPSA) is 53.6 Å². The van der Waals surface area contributed by atoms with Crippen LogP contribution in [-0.4, -0.2) is 36.7 Å². The molecule has 2 N–H and O–H groups in total. The van der Waals surface area contributed by atoms with Crippen LogP contribution < -0.4 is 15.4 Å². The largest absolute Gasteiger partial charge is 0.493 e. The minimum absolute atomic E-state index is 0.0722. The molecular formula is C24H31ClFN3O2. The van der Waals surface area contributed by atoms with E-state index in [1.54, 1.807) is 12.1 Å². The van der Waals surface area contributed by atoms with Crippen LogP contribution in [-0.2, 0) is 13.1 Å². The van der Waals surface area contributed by atoms with Crippen LogP contribution in [0.25, 0.3) is 0 Å². The molecule has 7 heteroatoms. The molecule has 0 unspecified atom stereocenters. The first kappa shape index (κ1) is 23.4. The Morgan fingerprint density at radius 2 is 1.87 bits per heavy atom. The minimum atomic E-state index is -0.455. The summed E-state index contributed by atoms with van der Waals surface area (Å²) in [6.45, 7) is 7.45. The number of nitrogens with zero attached hydrogens (tertiary/aromatic N) is 1. The Bertz CT molecular complexity index is 854. The summed E-state index contributed by atoms with van der Waals surface area (Å²) < 4.78 is 19.2. The summed E-state index contributed by atoms with van der Waals surface area (Å²) in [6, 6.07) is 12.4. The minimum Gasteiger partial charge on any atom is -0.493 e. The lowest BCUT2D eigenvalue weighted by Crippen LogP contribution is -2.49. The fourth-order valence-corrected chi connectivity index (χ4v) is 3.77. The van der Waals surface area contributed by atoms with Gasteiger partial charge in [-0.1, -0.05) is 43.6 Å². The lowest BCUT2D eigenvalue weighted by Gasteiger charge is -2.35. The average Bonchev–Trinajstić information content (AvgIpc) is 2.78. The van der Waals surface area contributed by atoms with Gasteiger partial charge in [-0.2, -0.15) is 0 Å². The third-order valence-electron chi connectivity index (χ3n) is 5.30. The van der Waals surface area contributed by atoms with Crippen molar-refractivity contribution in [2.45, 2.75) is 45.8 Å². The lowest BCUT2D eigenvalue weighted by molar-refractivity contribution is 0.154. The summed E-state index contributed by atoms with van der Waals surface area (Å²) in [5, 5.41) is 6.43. The molecule has 0 spiro atoms. The number of piperidine rings is 1. The summed E-state index contributed by atoms with van der Waals surface area (Å²) in [6.07, 6.45) is 1.76. The maximum absolute atomic E-state index is 13.5. The number of rotatable bonds is 8. The molecule has 1 aliphatic rings. The molecule has 0 aliphatic carbocycles. The molecule has 0 aromatic heterocycles. The molecule has 31 heavy (non-hydrogen) atoms. The van der Waals surface area contributed by atoms with Crippen LogP contribution in [0.4, 0.5) is 9.18 Å². The van der Waals surface area contributed by atoms with E-state index in [1.807, 2.05) is 29.2 Å². The number of carbonyl (C=O) groups is 1. The first-order valence-electron chi connectivity index (χ1n) is 10.8. The van der Waals surface area contributed by atoms with Crippen LogP contribution in [0.5, 0.6) is 5.75 Å². The maximum atomic E-state index is 13.5. The van der Waals surface area contributed by atoms with Gasteiger partial charge in [0.1, 0.15) is 11.6 Å². The highest BCUT2D eigenvalue weighted by Crippen LogP contribution is 2.21. The Hall–Kier alpha value is -2.31. The van der Waals surface area contributed by atoms with Gasteiger partial charge in [-0.25, -0.2) is 9.18 Å². The molecule has 1 heterocycles. The van der Waals surface area contributed by atoms with E-state index in [0.29, 0.717) is 25.6 Å². The molecule has 5 nitrogen and oxygen atoms in total. The second-order valence-corrected chi connectivity index (χ2v) is 8.77. The van der Waals surface area contributed by atoms with Crippen LogP contribution >= 0.6 is 11.6 Å². The van der Waals surface area contributed by atoms with Crippen molar-refractivity contribution in [2.75, 3.05) is 19.7 Å². The van der Waals surface area contributed by atoms with E-state index in [4.69, 9.17) is 16.3 Å². The van der Waals surface area contributed by atoms with Crippen LogP contribution in [0, 0.1) is 11.7 Å². The molecule has 1 saturated heterocycles. The molecule has 2 aromatic carbocycles. The Morgan fingerprint density at radius 1 is 1.19 bits per heavy atom. The van der Waals surface area contributed by atoms with Gasteiger partial charge in [-0.3, -0.25) is 0 Å². The van der Waals surface area contributed by atoms with Crippen molar-refractivity contribution in [3.05, 3.63) is 64.4 Å². The number of hydrogen-bond donors (Lipinski definition) is 2. The lowest BCUT2D eigenvalue weighted by atomic mass is 10.0. The predicted octanol–water partition coefficient (Wildman–Crippen LogP) is 4.98. The molecule has 2 aromatic rings. The van der Waals surface area contributed by atoms with E-state index < -0.39 is 5.82 Å². The molecule has 1 aliphatic heterocycles. The number of amides is 2. The fourth-order valence-electron chi connectivity index (χ4n) is 3.57. The number of ether oxygens (including phenoxy) is 1. The van der Waals surface area contributed by atoms with Crippen LogP contribution in [0.1, 0.15) is 37.8 Å². The number of urea groups is 1. The van der Waals surface area contributed by atoms with E-state index in [0.717, 1.165) is 42.8 Å². The third kappa shape index (κ3) is 7.11. The summed E-state index contributed by atoms with van der Waals surface area (Å²) in [7, 11) is 0. The fraction of sp³-hybridized carbons (Fsp3) is 0.458. The van der Waals surface area contributed by atoms with Crippen LogP contribution in [0.2, 0.25) is 5.02 Å². The molecule has 2 amide bonds. The zero-order valence-corrected chi connectivity index (χ0v) is 18.9. The van der Waals surface area contributed by atoms with Gasteiger partial charge in [0, 0.05) is 19.1 Å². The highest BCUT2D eigenvalue weighted by atomic mass is 35.5. The van der Waals surface area contributed by atoms with Crippen molar-refractivity contribution in [1.29, 1.82) is 0 Å². The summed E-state index contributed by atoms with van der Waals surface area (Å²) in [5.41, 5.74) is 1.81.